The number of anilines is 1. The number of likely N-dealkylation sites (tertiary alicyclic amines) is 1. The molecule has 2 aliphatic heterocycles. The lowest BCUT2D eigenvalue weighted by molar-refractivity contribution is 0.249. The molecular formula is C19H21N5. The maximum Gasteiger partial charge on any atom is 0.140 e. The number of benzene rings is 1. The Morgan fingerprint density at radius 1 is 1.12 bits per heavy atom. The Kier molecular flexibility index (Phi) is 3.10. The molecule has 0 unspecified atom stereocenters. The van der Waals surface area contributed by atoms with Crippen molar-refractivity contribution in [1.29, 1.82) is 0 Å². The van der Waals surface area contributed by atoms with E-state index in [0.29, 0.717) is 6.04 Å². The van der Waals surface area contributed by atoms with E-state index in [1.54, 1.807) is 0 Å². The molecule has 2 aliphatic rings. The number of pyridine rings is 1. The van der Waals surface area contributed by atoms with Crippen LogP contribution in [0.4, 0.5) is 5.82 Å². The lowest BCUT2D eigenvalue weighted by atomic mass is 10.0. The molecule has 5 nitrogen and oxygen atoms in total. The van der Waals surface area contributed by atoms with E-state index in [-0.39, 0.29) is 0 Å². The zero-order valence-corrected chi connectivity index (χ0v) is 13.9. The van der Waals surface area contributed by atoms with Crippen LogP contribution in [0.3, 0.4) is 0 Å². The van der Waals surface area contributed by atoms with Crippen LogP contribution in [0.25, 0.3) is 22.2 Å². The Morgan fingerprint density at radius 3 is 2.83 bits per heavy atom. The highest BCUT2D eigenvalue weighted by Gasteiger charge is 2.30. The number of fused-ring (bicyclic) bond motifs is 2. The third kappa shape index (κ3) is 2.04. The van der Waals surface area contributed by atoms with Gasteiger partial charge in [-0.1, -0.05) is 24.3 Å². The quantitative estimate of drug-likeness (QED) is 0.749. The maximum absolute atomic E-state index is 4.78. The highest BCUT2D eigenvalue weighted by atomic mass is 15.2. The Labute approximate surface area is 141 Å². The van der Waals surface area contributed by atoms with Crippen LogP contribution in [0.2, 0.25) is 0 Å². The van der Waals surface area contributed by atoms with Gasteiger partial charge in [0.2, 0.25) is 0 Å². The number of aromatic amines is 1. The van der Waals surface area contributed by atoms with Crippen LogP contribution in [-0.2, 0) is 6.54 Å². The Balaban J connectivity index is 1.70. The molecule has 24 heavy (non-hydrogen) atoms. The van der Waals surface area contributed by atoms with Crippen molar-refractivity contribution in [2.24, 2.45) is 0 Å². The van der Waals surface area contributed by atoms with Crippen molar-refractivity contribution < 1.29 is 0 Å². The van der Waals surface area contributed by atoms with Gasteiger partial charge in [0.25, 0.3) is 0 Å². The van der Waals surface area contributed by atoms with E-state index in [0.717, 1.165) is 36.7 Å². The number of piperidine rings is 1. The van der Waals surface area contributed by atoms with Crippen molar-refractivity contribution in [1.82, 2.24) is 20.1 Å². The molecule has 5 heteroatoms. The highest BCUT2D eigenvalue weighted by Crippen LogP contribution is 2.40. The van der Waals surface area contributed by atoms with Crippen molar-refractivity contribution in [3.8, 4) is 11.3 Å². The number of hydrogen-bond acceptors (Lipinski definition) is 4. The molecule has 0 spiro atoms. The molecule has 3 aromatic rings. The molecule has 0 aliphatic carbocycles. The molecule has 0 bridgehead atoms. The van der Waals surface area contributed by atoms with E-state index >= 15 is 0 Å². The first kappa shape index (κ1) is 14.0. The molecule has 2 aromatic heterocycles. The molecule has 0 saturated carbocycles. The van der Waals surface area contributed by atoms with Gasteiger partial charge in [0.15, 0.2) is 0 Å². The van der Waals surface area contributed by atoms with Gasteiger partial charge in [0, 0.05) is 24.3 Å². The van der Waals surface area contributed by atoms with Gasteiger partial charge in [-0.15, -0.1) is 0 Å². The van der Waals surface area contributed by atoms with Crippen molar-refractivity contribution >= 4 is 16.7 Å². The van der Waals surface area contributed by atoms with E-state index < -0.39 is 0 Å². The van der Waals surface area contributed by atoms with Gasteiger partial charge in [-0.2, -0.15) is 5.10 Å². The van der Waals surface area contributed by atoms with Crippen LogP contribution >= 0.6 is 0 Å². The minimum atomic E-state index is 0.535. The molecule has 1 aromatic carbocycles. The fourth-order valence-corrected chi connectivity index (χ4v) is 4.12. The Hall–Kier alpha value is -2.40. The van der Waals surface area contributed by atoms with Crippen LogP contribution in [-0.4, -0.2) is 46.3 Å². The van der Waals surface area contributed by atoms with Gasteiger partial charge < -0.3 is 9.80 Å². The van der Waals surface area contributed by atoms with Gasteiger partial charge in [0.1, 0.15) is 11.5 Å². The van der Waals surface area contributed by atoms with E-state index in [9.17, 15) is 0 Å². The van der Waals surface area contributed by atoms with Gasteiger partial charge in [-0.3, -0.25) is 5.10 Å². The number of hydrogen-bond donors (Lipinski definition) is 1. The standard InChI is InChI=1S/C19H21N5/c1-23-10-7-14(8-11-23)24-12-13-4-2-3-5-15(13)18-17-16(21-22-18)6-9-20-19(17)24/h2-6,9,14H,7-8,10-12H2,1H3,(H,21,22). The van der Waals surface area contributed by atoms with Gasteiger partial charge in [-0.25, -0.2) is 4.98 Å². The zero-order chi connectivity index (χ0) is 16.1. The summed E-state index contributed by atoms with van der Waals surface area (Å²) in [5.41, 5.74) is 4.68. The summed E-state index contributed by atoms with van der Waals surface area (Å²) >= 11 is 0. The fourth-order valence-electron chi connectivity index (χ4n) is 4.12. The monoisotopic (exact) mass is 319 g/mol. The summed E-state index contributed by atoms with van der Waals surface area (Å²) in [7, 11) is 2.21. The lowest BCUT2D eigenvalue weighted by Crippen LogP contribution is -2.43. The zero-order valence-electron chi connectivity index (χ0n) is 13.9. The summed E-state index contributed by atoms with van der Waals surface area (Å²) in [6.07, 6.45) is 4.27. The molecule has 122 valence electrons. The van der Waals surface area contributed by atoms with Gasteiger partial charge >= 0.3 is 0 Å². The lowest BCUT2D eigenvalue weighted by Gasteiger charge is -2.38. The predicted octanol–water partition coefficient (Wildman–Crippen LogP) is 3.04. The van der Waals surface area contributed by atoms with Crippen LogP contribution in [0.5, 0.6) is 0 Å². The average Bonchev–Trinajstić information content (AvgIpc) is 2.99. The van der Waals surface area contributed by atoms with E-state index in [2.05, 4.69) is 51.3 Å². The molecule has 0 radical (unpaired) electrons. The van der Waals surface area contributed by atoms with Crippen LogP contribution in [0.1, 0.15) is 18.4 Å². The first-order chi connectivity index (χ1) is 11.8. The second kappa shape index (κ2) is 5.31. The number of rotatable bonds is 1. The topological polar surface area (TPSA) is 48.0 Å². The van der Waals surface area contributed by atoms with Crippen molar-refractivity contribution in [2.45, 2.75) is 25.4 Å². The molecule has 0 atom stereocenters. The second-order valence-electron chi connectivity index (χ2n) is 6.95. The molecule has 0 amide bonds. The first-order valence-electron chi connectivity index (χ1n) is 8.68. The number of nitrogens with one attached hydrogen (secondary N) is 1. The van der Waals surface area contributed by atoms with Crippen molar-refractivity contribution in [3.63, 3.8) is 0 Å². The summed E-state index contributed by atoms with van der Waals surface area (Å²) < 4.78 is 0. The number of aromatic nitrogens is 3. The van der Waals surface area contributed by atoms with Crippen molar-refractivity contribution in [3.05, 3.63) is 42.1 Å². The summed E-state index contributed by atoms with van der Waals surface area (Å²) in [5, 5.41) is 8.98. The number of nitrogens with zero attached hydrogens (tertiary/aromatic N) is 4. The smallest absolute Gasteiger partial charge is 0.140 e. The summed E-state index contributed by atoms with van der Waals surface area (Å²) in [6, 6.07) is 11.2. The van der Waals surface area contributed by atoms with Crippen LogP contribution in [0.15, 0.2) is 36.5 Å². The fraction of sp³-hybridized carbons (Fsp3) is 0.368. The van der Waals surface area contributed by atoms with Gasteiger partial charge in [-0.05, 0) is 44.6 Å². The number of H-pyrrole nitrogens is 1. The molecule has 5 rings (SSSR count). The molecule has 1 saturated heterocycles. The van der Waals surface area contributed by atoms with E-state index in [4.69, 9.17) is 4.98 Å². The minimum Gasteiger partial charge on any atom is -0.349 e. The van der Waals surface area contributed by atoms with Crippen molar-refractivity contribution in [2.75, 3.05) is 25.0 Å². The highest BCUT2D eigenvalue weighted by molar-refractivity contribution is 6.02. The SMILES string of the molecule is CN1CCC(N2Cc3ccccc3-c3n[nH]c4ccnc2c34)CC1. The Morgan fingerprint density at radius 2 is 1.96 bits per heavy atom. The maximum atomic E-state index is 4.78. The normalized spacial score (nSPS) is 18.6. The summed E-state index contributed by atoms with van der Waals surface area (Å²) in [5.74, 6) is 1.09. The Bertz CT molecular complexity index is 892. The van der Waals surface area contributed by atoms with Crippen LogP contribution in [0, 0.1) is 0 Å². The van der Waals surface area contributed by atoms with E-state index in [1.165, 1.54) is 29.4 Å². The third-order valence-corrected chi connectivity index (χ3v) is 5.47. The van der Waals surface area contributed by atoms with Crippen LogP contribution < -0.4 is 4.90 Å². The summed E-state index contributed by atoms with van der Waals surface area (Å²) in [4.78, 5) is 9.71. The third-order valence-electron chi connectivity index (χ3n) is 5.47. The second-order valence-corrected chi connectivity index (χ2v) is 6.95. The molecule has 1 fully saturated rings. The first-order valence-corrected chi connectivity index (χ1v) is 8.68. The molecular weight excluding hydrogens is 298 g/mol. The van der Waals surface area contributed by atoms with Gasteiger partial charge in [0.05, 0.1) is 10.9 Å². The summed E-state index contributed by atoms with van der Waals surface area (Å²) in [6.45, 7) is 3.21. The predicted molar refractivity (Wildman–Crippen MR) is 96.0 cm³/mol. The molecule has 4 heterocycles. The molecule has 1 N–H and O–H groups in total. The largest absolute Gasteiger partial charge is 0.349 e. The minimum absolute atomic E-state index is 0.535. The average molecular weight is 319 g/mol. The van der Waals surface area contributed by atoms with E-state index in [1.807, 2.05) is 12.3 Å².